The maximum absolute atomic E-state index is 12.9. The first-order valence-corrected chi connectivity index (χ1v) is 7.32. The van der Waals surface area contributed by atoms with Crippen molar-refractivity contribution in [1.29, 1.82) is 0 Å². The van der Waals surface area contributed by atoms with Crippen LogP contribution in [0.2, 0.25) is 0 Å². The van der Waals surface area contributed by atoms with Crippen LogP contribution in [0.3, 0.4) is 0 Å². The average Bonchev–Trinajstić information content (AvgIpc) is 2.72. The van der Waals surface area contributed by atoms with E-state index in [-0.39, 0.29) is 18.7 Å². The first-order valence-electron chi connectivity index (χ1n) is 7.32. The summed E-state index contributed by atoms with van der Waals surface area (Å²) in [5, 5.41) is 6.73. The van der Waals surface area contributed by atoms with E-state index in [1.54, 1.807) is 18.7 Å². The molecule has 2 rings (SSSR count). The molecule has 0 saturated carbocycles. The van der Waals surface area contributed by atoms with Crippen molar-refractivity contribution in [3.8, 4) is 0 Å². The minimum Gasteiger partial charge on any atom is -0.326 e. The smallest absolute Gasteiger partial charge is 0.326 e. The van der Waals surface area contributed by atoms with Gasteiger partial charge in [0.05, 0.1) is 17.7 Å². The van der Waals surface area contributed by atoms with E-state index in [4.69, 9.17) is 5.73 Å². The van der Waals surface area contributed by atoms with E-state index in [2.05, 4.69) is 10.4 Å². The molecule has 0 saturated heterocycles. The van der Waals surface area contributed by atoms with Crippen molar-refractivity contribution in [2.24, 2.45) is 12.8 Å². The molecule has 8 heteroatoms. The van der Waals surface area contributed by atoms with Crippen LogP contribution in [-0.4, -0.2) is 15.7 Å². The predicted octanol–water partition coefficient (Wildman–Crippen LogP) is 2.70. The monoisotopic (exact) mass is 340 g/mol. The molecule has 0 atom stereocenters. The van der Waals surface area contributed by atoms with Crippen LogP contribution in [0.25, 0.3) is 0 Å². The molecule has 3 N–H and O–H groups in total. The van der Waals surface area contributed by atoms with Crippen LogP contribution in [0, 0.1) is 13.8 Å². The number of amides is 1. The number of nitrogens with two attached hydrogens (primary N) is 1. The number of alkyl halides is 3. The summed E-state index contributed by atoms with van der Waals surface area (Å²) in [6.45, 7) is 3.57. The lowest BCUT2D eigenvalue weighted by atomic mass is 10.1. The number of hydrogen-bond donors (Lipinski definition) is 2. The maximum Gasteiger partial charge on any atom is 0.416 e. The zero-order chi connectivity index (χ0) is 18.1. The van der Waals surface area contributed by atoms with Crippen LogP contribution in [0.5, 0.6) is 0 Å². The highest BCUT2D eigenvalue weighted by molar-refractivity contribution is 5.92. The van der Waals surface area contributed by atoms with Gasteiger partial charge in [0.15, 0.2) is 0 Å². The largest absolute Gasteiger partial charge is 0.416 e. The summed E-state index contributed by atoms with van der Waals surface area (Å²) < 4.78 is 40.4. The first kappa shape index (κ1) is 18.0. The fraction of sp³-hybridized carbons (Fsp3) is 0.375. The standard InChI is InChI=1S/C16H19F3N4O/c1-9-14(10(2)23(3)22-9)7-15(24)21-13-5-11(8-20)4-12(6-13)16(17,18)19/h4-6H,7-8,20H2,1-3H3,(H,21,24). The summed E-state index contributed by atoms with van der Waals surface area (Å²) in [6, 6.07) is 3.32. The normalized spacial score (nSPS) is 11.6. The van der Waals surface area contributed by atoms with Crippen molar-refractivity contribution < 1.29 is 18.0 Å². The number of rotatable bonds is 4. The summed E-state index contributed by atoms with van der Waals surface area (Å²) in [6.07, 6.45) is -4.46. The Morgan fingerprint density at radius 3 is 2.46 bits per heavy atom. The Labute approximate surface area is 137 Å². The van der Waals surface area contributed by atoms with E-state index in [1.165, 1.54) is 6.07 Å². The van der Waals surface area contributed by atoms with Crippen LogP contribution < -0.4 is 11.1 Å². The Bertz CT molecular complexity index is 765. The van der Waals surface area contributed by atoms with E-state index in [1.807, 2.05) is 6.92 Å². The fourth-order valence-electron chi connectivity index (χ4n) is 2.48. The third kappa shape index (κ3) is 3.94. The van der Waals surface area contributed by atoms with Crippen molar-refractivity contribution in [3.63, 3.8) is 0 Å². The molecular weight excluding hydrogens is 321 g/mol. The molecular formula is C16H19F3N4O. The second-order valence-electron chi connectivity index (χ2n) is 5.62. The molecule has 5 nitrogen and oxygen atoms in total. The number of halogens is 3. The highest BCUT2D eigenvalue weighted by Crippen LogP contribution is 2.32. The maximum atomic E-state index is 12.9. The number of aromatic nitrogens is 2. The van der Waals surface area contributed by atoms with Gasteiger partial charge in [0.1, 0.15) is 0 Å². The predicted molar refractivity (Wildman–Crippen MR) is 84.4 cm³/mol. The van der Waals surface area contributed by atoms with Crippen LogP contribution in [0.15, 0.2) is 18.2 Å². The quantitative estimate of drug-likeness (QED) is 0.899. The number of aryl methyl sites for hydroxylation is 2. The zero-order valence-electron chi connectivity index (χ0n) is 13.7. The van der Waals surface area contributed by atoms with E-state index < -0.39 is 17.6 Å². The number of nitrogens with one attached hydrogen (secondary N) is 1. The molecule has 0 fully saturated rings. The fourth-order valence-corrected chi connectivity index (χ4v) is 2.48. The molecule has 1 aromatic carbocycles. The van der Waals surface area contributed by atoms with Gasteiger partial charge in [-0.05, 0) is 37.6 Å². The Hall–Kier alpha value is -2.35. The number of nitrogens with zero attached hydrogens (tertiary/aromatic N) is 2. The summed E-state index contributed by atoms with van der Waals surface area (Å²) >= 11 is 0. The Morgan fingerprint density at radius 2 is 1.96 bits per heavy atom. The van der Waals surface area contributed by atoms with Gasteiger partial charge in [-0.2, -0.15) is 18.3 Å². The third-order valence-electron chi connectivity index (χ3n) is 3.84. The summed E-state index contributed by atoms with van der Waals surface area (Å²) in [5.74, 6) is -0.406. The third-order valence-corrected chi connectivity index (χ3v) is 3.84. The molecule has 1 amide bonds. The molecule has 2 aromatic rings. The molecule has 0 bridgehead atoms. The second kappa shape index (κ2) is 6.64. The molecule has 0 aliphatic heterocycles. The van der Waals surface area contributed by atoms with Crippen molar-refractivity contribution in [1.82, 2.24) is 9.78 Å². The van der Waals surface area contributed by atoms with Crippen LogP contribution in [-0.2, 0) is 31.0 Å². The van der Waals surface area contributed by atoms with Gasteiger partial charge in [-0.15, -0.1) is 0 Å². The van der Waals surface area contributed by atoms with Crippen LogP contribution >= 0.6 is 0 Å². The van der Waals surface area contributed by atoms with E-state index in [0.717, 1.165) is 29.1 Å². The summed E-state index contributed by atoms with van der Waals surface area (Å²) in [4.78, 5) is 12.2. The Balaban J connectivity index is 2.22. The number of carbonyl (C=O) groups is 1. The SMILES string of the molecule is Cc1nn(C)c(C)c1CC(=O)Nc1cc(CN)cc(C(F)(F)F)c1. The first-order chi connectivity index (χ1) is 11.1. The minimum atomic E-state index is -4.50. The van der Waals surface area contributed by atoms with Gasteiger partial charge >= 0.3 is 6.18 Å². The Morgan fingerprint density at radius 1 is 1.29 bits per heavy atom. The topological polar surface area (TPSA) is 72.9 Å². The molecule has 0 aliphatic rings. The van der Waals surface area contributed by atoms with Gasteiger partial charge in [0, 0.05) is 30.5 Å². The lowest BCUT2D eigenvalue weighted by molar-refractivity contribution is -0.137. The molecule has 0 radical (unpaired) electrons. The zero-order valence-corrected chi connectivity index (χ0v) is 13.7. The molecule has 0 spiro atoms. The number of hydrogen-bond acceptors (Lipinski definition) is 3. The molecule has 24 heavy (non-hydrogen) atoms. The van der Waals surface area contributed by atoms with Crippen LogP contribution in [0.4, 0.5) is 18.9 Å². The average molecular weight is 340 g/mol. The molecule has 1 heterocycles. The van der Waals surface area contributed by atoms with Gasteiger partial charge in [0.2, 0.25) is 5.91 Å². The van der Waals surface area contributed by atoms with Crippen molar-refractivity contribution in [2.45, 2.75) is 33.0 Å². The number of anilines is 1. The summed E-state index contributed by atoms with van der Waals surface area (Å²) in [7, 11) is 1.77. The van der Waals surface area contributed by atoms with Gasteiger partial charge in [-0.3, -0.25) is 9.48 Å². The highest BCUT2D eigenvalue weighted by atomic mass is 19.4. The lowest BCUT2D eigenvalue weighted by Crippen LogP contribution is -2.17. The summed E-state index contributed by atoms with van der Waals surface area (Å²) in [5.41, 5.74) is 7.30. The van der Waals surface area contributed by atoms with Gasteiger partial charge in [-0.1, -0.05) is 0 Å². The Kier molecular flexibility index (Phi) is 4.98. The lowest BCUT2D eigenvalue weighted by Gasteiger charge is -2.12. The van der Waals surface area contributed by atoms with Crippen molar-refractivity contribution >= 4 is 11.6 Å². The second-order valence-corrected chi connectivity index (χ2v) is 5.62. The molecule has 0 aliphatic carbocycles. The molecule has 130 valence electrons. The van der Waals surface area contributed by atoms with Gasteiger partial charge in [0.25, 0.3) is 0 Å². The van der Waals surface area contributed by atoms with E-state index >= 15 is 0 Å². The van der Waals surface area contributed by atoms with Crippen molar-refractivity contribution in [2.75, 3.05) is 5.32 Å². The number of benzene rings is 1. The van der Waals surface area contributed by atoms with E-state index in [0.29, 0.717) is 5.56 Å². The molecule has 0 unspecified atom stereocenters. The van der Waals surface area contributed by atoms with E-state index in [9.17, 15) is 18.0 Å². The molecule has 1 aromatic heterocycles. The highest BCUT2D eigenvalue weighted by Gasteiger charge is 2.31. The van der Waals surface area contributed by atoms with Gasteiger partial charge in [-0.25, -0.2) is 0 Å². The van der Waals surface area contributed by atoms with Crippen molar-refractivity contribution in [3.05, 3.63) is 46.3 Å². The number of carbonyl (C=O) groups excluding carboxylic acids is 1. The van der Waals surface area contributed by atoms with Crippen LogP contribution in [0.1, 0.15) is 28.1 Å². The minimum absolute atomic E-state index is 0.0414. The van der Waals surface area contributed by atoms with Gasteiger partial charge < -0.3 is 11.1 Å².